The summed E-state index contributed by atoms with van der Waals surface area (Å²) in [6.45, 7) is 1.80. The molecule has 0 bridgehead atoms. The van der Waals surface area contributed by atoms with Crippen molar-refractivity contribution in [2.24, 2.45) is 7.05 Å². The molecule has 1 aromatic carbocycles. The van der Waals surface area contributed by atoms with Gasteiger partial charge in [0.15, 0.2) is 0 Å². The zero-order valence-corrected chi connectivity index (χ0v) is 9.93. The molecule has 0 fully saturated rings. The van der Waals surface area contributed by atoms with Crippen molar-refractivity contribution in [1.29, 1.82) is 0 Å². The van der Waals surface area contributed by atoms with Gasteiger partial charge in [-0.25, -0.2) is 4.39 Å². The van der Waals surface area contributed by atoms with Crippen LogP contribution < -0.4 is 5.56 Å². The number of hydrogen-bond acceptors (Lipinski definition) is 1. The van der Waals surface area contributed by atoms with Gasteiger partial charge in [0.2, 0.25) is 0 Å². The van der Waals surface area contributed by atoms with E-state index in [-0.39, 0.29) is 11.4 Å². The summed E-state index contributed by atoms with van der Waals surface area (Å²) in [5.41, 5.74) is 1.44. The molecule has 0 aliphatic carbocycles. The largest absolute Gasteiger partial charge is 0.311 e. The highest BCUT2D eigenvalue weighted by atomic mass is 79.9. The van der Waals surface area contributed by atoms with Crippen molar-refractivity contribution in [2.45, 2.75) is 6.92 Å². The fourth-order valence-corrected chi connectivity index (χ4v) is 1.94. The first kappa shape index (κ1) is 10.4. The van der Waals surface area contributed by atoms with Crippen LogP contribution in [0.2, 0.25) is 0 Å². The van der Waals surface area contributed by atoms with Crippen LogP contribution in [0.3, 0.4) is 0 Å². The highest BCUT2D eigenvalue weighted by Crippen LogP contribution is 2.23. The molecular formula is C11H9BrFNO. The number of aromatic nitrogens is 1. The minimum Gasteiger partial charge on any atom is -0.311 e. The number of benzene rings is 1. The number of rotatable bonds is 0. The van der Waals surface area contributed by atoms with Crippen LogP contribution in [-0.4, -0.2) is 4.57 Å². The standard InChI is InChI=1S/C11H9BrFNO/c1-6-3-11(15)14(2)10-5-8(12)9(13)4-7(6)10/h3-5H,1-2H3. The Hall–Kier alpha value is -1.16. The van der Waals surface area contributed by atoms with Crippen molar-refractivity contribution >= 4 is 26.8 Å². The normalized spacial score (nSPS) is 10.9. The maximum absolute atomic E-state index is 13.3. The van der Waals surface area contributed by atoms with Gasteiger partial charge < -0.3 is 4.57 Å². The molecule has 0 atom stereocenters. The van der Waals surface area contributed by atoms with Gasteiger partial charge in [0.05, 0.1) is 9.99 Å². The molecule has 0 N–H and O–H groups in total. The van der Waals surface area contributed by atoms with E-state index in [4.69, 9.17) is 0 Å². The molecule has 1 heterocycles. The fraction of sp³-hybridized carbons (Fsp3) is 0.182. The molecule has 0 spiro atoms. The topological polar surface area (TPSA) is 22.0 Å². The number of halogens is 2. The third-order valence-electron chi connectivity index (χ3n) is 2.50. The van der Waals surface area contributed by atoms with Gasteiger partial charge in [-0.15, -0.1) is 0 Å². The molecule has 4 heteroatoms. The predicted octanol–water partition coefficient (Wildman–Crippen LogP) is 2.75. The lowest BCUT2D eigenvalue weighted by molar-refractivity contribution is 0.622. The predicted molar refractivity (Wildman–Crippen MR) is 61.6 cm³/mol. The van der Waals surface area contributed by atoms with E-state index in [1.165, 1.54) is 16.7 Å². The lowest BCUT2D eigenvalue weighted by atomic mass is 10.1. The summed E-state index contributed by atoms with van der Waals surface area (Å²) in [5, 5.41) is 0.762. The Bertz CT molecular complexity index is 604. The van der Waals surface area contributed by atoms with E-state index >= 15 is 0 Å². The Morgan fingerprint density at radius 3 is 2.67 bits per heavy atom. The minimum absolute atomic E-state index is 0.0847. The molecule has 1 aromatic heterocycles. The number of nitrogens with zero attached hydrogens (tertiary/aromatic N) is 1. The maximum Gasteiger partial charge on any atom is 0.251 e. The van der Waals surface area contributed by atoms with Gasteiger partial charge in [0, 0.05) is 18.5 Å². The van der Waals surface area contributed by atoms with Crippen molar-refractivity contribution in [3.05, 3.63) is 44.4 Å². The molecule has 0 aliphatic heterocycles. The molecule has 0 saturated heterocycles. The van der Waals surface area contributed by atoms with Crippen molar-refractivity contribution in [2.75, 3.05) is 0 Å². The average molecular weight is 270 g/mol. The maximum atomic E-state index is 13.3. The fourth-order valence-electron chi connectivity index (χ4n) is 1.61. The third kappa shape index (κ3) is 1.59. The summed E-state index contributed by atoms with van der Waals surface area (Å²) in [6, 6.07) is 4.57. The molecule has 0 amide bonds. The van der Waals surface area contributed by atoms with Crippen LogP contribution >= 0.6 is 15.9 Å². The van der Waals surface area contributed by atoms with E-state index < -0.39 is 0 Å². The zero-order valence-electron chi connectivity index (χ0n) is 8.34. The summed E-state index contributed by atoms with van der Waals surface area (Å²) in [6.07, 6.45) is 0. The number of fused-ring (bicyclic) bond motifs is 1. The second-order valence-electron chi connectivity index (χ2n) is 3.51. The molecule has 2 aromatic rings. The van der Waals surface area contributed by atoms with Crippen LogP contribution in [0.1, 0.15) is 5.56 Å². The number of pyridine rings is 1. The van der Waals surface area contributed by atoms with Gasteiger partial charge in [-0.1, -0.05) is 0 Å². The molecule has 0 aliphatic rings. The summed E-state index contributed by atoms with van der Waals surface area (Å²) in [4.78, 5) is 11.5. The SMILES string of the molecule is Cc1cc(=O)n(C)c2cc(Br)c(F)cc12. The monoisotopic (exact) mass is 269 g/mol. The Balaban J connectivity index is 3.04. The first-order valence-electron chi connectivity index (χ1n) is 4.46. The van der Waals surface area contributed by atoms with Gasteiger partial charge in [0.25, 0.3) is 5.56 Å². The quantitative estimate of drug-likeness (QED) is 0.721. The average Bonchev–Trinajstić information content (AvgIpc) is 2.18. The van der Waals surface area contributed by atoms with Crippen LogP contribution in [0.15, 0.2) is 27.5 Å². The zero-order chi connectivity index (χ0) is 11.2. The second kappa shape index (κ2) is 3.45. The molecule has 0 radical (unpaired) electrons. The van der Waals surface area contributed by atoms with Gasteiger partial charge in [-0.3, -0.25) is 4.79 Å². The Morgan fingerprint density at radius 1 is 1.33 bits per heavy atom. The van der Waals surface area contributed by atoms with Crippen LogP contribution in [0.5, 0.6) is 0 Å². The van der Waals surface area contributed by atoms with Crippen molar-refractivity contribution in [1.82, 2.24) is 4.57 Å². The first-order valence-corrected chi connectivity index (χ1v) is 5.25. The van der Waals surface area contributed by atoms with Gasteiger partial charge >= 0.3 is 0 Å². The van der Waals surface area contributed by atoms with Crippen LogP contribution in [-0.2, 0) is 7.05 Å². The molecule has 78 valence electrons. The van der Waals surface area contributed by atoms with Crippen molar-refractivity contribution in [3.8, 4) is 0 Å². The van der Waals surface area contributed by atoms with Gasteiger partial charge in [-0.05, 0) is 40.5 Å². The molecule has 0 unspecified atom stereocenters. The van der Waals surface area contributed by atoms with E-state index in [1.807, 2.05) is 0 Å². The van der Waals surface area contributed by atoms with Crippen molar-refractivity contribution < 1.29 is 4.39 Å². The summed E-state index contributed by atoms with van der Waals surface area (Å²) >= 11 is 3.11. The highest BCUT2D eigenvalue weighted by molar-refractivity contribution is 9.10. The number of hydrogen-bond donors (Lipinski definition) is 0. The van der Waals surface area contributed by atoms with E-state index in [0.29, 0.717) is 4.47 Å². The van der Waals surface area contributed by atoms with E-state index in [2.05, 4.69) is 15.9 Å². The Kier molecular flexibility index (Phi) is 2.38. The summed E-state index contributed by atoms with van der Waals surface area (Å²) in [5.74, 6) is -0.316. The highest BCUT2D eigenvalue weighted by Gasteiger charge is 2.07. The smallest absolute Gasteiger partial charge is 0.251 e. The Labute approximate surface area is 94.5 Å². The lowest BCUT2D eigenvalue weighted by Gasteiger charge is -2.08. The minimum atomic E-state index is -0.316. The molecule has 15 heavy (non-hydrogen) atoms. The van der Waals surface area contributed by atoms with Crippen molar-refractivity contribution in [3.63, 3.8) is 0 Å². The van der Waals surface area contributed by atoms with E-state index in [1.54, 1.807) is 20.0 Å². The van der Waals surface area contributed by atoms with Crippen LogP contribution in [0.25, 0.3) is 10.9 Å². The van der Waals surface area contributed by atoms with Gasteiger partial charge in [-0.2, -0.15) is 0 Å². The lowest BCUT2D eigenvalue weighted by Crippen LogP contribution is -2.16. The number of aryl methyl sites for hydroxylation is 2. The molecule has 0 saturated carbocycles. The molecule has 2 rings (SSSR count). The first-order chi connectivity index (χ1) is 7.00. The van der Waals surface area contributed by atoms with E-state index in [0.717, 1.165) is 16.5 Å². The molecular weight excluding hydrogens is 261 g/mol. The van der Waals surface area contributed by atoms with E-state index in [9.17, 15) is 9.18 Å². The van der Waals surface area contributed by atoms with Crippen LogP contribution in [0.4, 0.5) is 4.39 Å². The summed E-state index contributed by atoms with van der Waals surface area (Å²) in [7, 11) is 1.68. The second-order valence-corrected chi connectivity index (χ2v) is 4.36. The van der Waals surface area contributed by atoms with Gasteiger partial charge in [0.1, 0.15) is 5.82 Å². The molecule has 2 nitrogen and oxygen atoms in total. The van der Waals surface area contributed by atoms with Crippen LogP contribution in [0, 0.1) is 12.7 Å². The Morgan fingerprint density at radius 2 is 2.00 bits per heavy atom. The third-order valence-corrected chi connectivity index (χ3v) is 3.10. The summed E-state index contributed by atoms with van der Waals surface area (Å²) < 4.78 is 15.2.